The Bertz CT molecular complexity index is 770. The topological polar surface area (TPSA) is 79.9 Å². The second-order valence-electron chi connectivity index (χ2n) is 4.81. The number of phenolic OH excluding ortho intramolecular Hbond substituents is 1. The summed E-state index contributed by atoms with van der Waals surface area (Å²) in [4.78, 5) is 12.0. The van der Waals surface area contributed by atoms with E-state index < -0.39 is 0 Å². The zero-order valence-corrected chi connectivity index (χ0v) is 11.0. The number of hydrogen-bond acceptors (Lipinski definition) is 5. The maximum absolute atomic E-state index is 12.0. The van der Waals surface area contributed by atoms with E-state index >= 15 is 0 Å². The van der Waals surface area contributed by atoms with Crippen LogP contribution >= 0.6 is 0 Å². The predicted molar refractivity (Wildman–Crippen MR) is 73.3 cm³/mol. The van der Waals surface area contributed by atoms with Gasteiger partial charge in [0.05, 0.1) is 6.61 Å². The summed E-state index contributed by atoms with van der Waals surface area (Å²) in [5, 5.41) is 19.6. The van der Waals surface area contributed by atoms with E-state index in [0.29, 0.717) is 29.1 Å². The smallest absolute Gasteiger partial charge is 0.196 e. The van der Waals surface area contributed by atoms with Gasteiger partial charge in [-0.2, -0.15) is 0 Å². The van der Waals surface area contributed by atoms with Crippen molar-refractivity contribution in [3.63, 3.8) is 0 Å². The summed E-state index contributed by atoms with van der Waals surface area (Å²) in [7, 11) is 0. The quantitative estimate of drug-likeness (QED) is 0.773. The molecular formula is C15H14O5. The number of hydrogen-bond donors (Lipinski definition) is 2. The Morgan fingerprint density at radius 1 is 1.35 bits per heavy atom. The Kier molecular flexibility index (Phi) is 2.99. The number of rotatable bonds is 1. The van der Waals surface area contributed by atoms with Gasteiger partial charge in [0.25, 0.3) is 0 Å². The van der Waals surface area contributed by atoms with Crippen molar-refractivity contribution in [1.29, 1.82) is 0 Å². The highest BCUT2D eigenvalue weighted by Gasteiger charge is 2.19. The number of ether oxygens (including phenoxy) is 1. The second-order valence-corrected chi connectivity index (χ2v) is 4.81. The molecule has 0 saturated carbocycles. The Morgan fingerprint density at radius 3 is 2.90 bits per heavy atom. The molecule has 0 bridgehead atoms. The van der Waals surface area contributed by atoms with Gasteiger partial charge in [-0.15, -0.1) is 0 Å². The van der Waals surface area contributed by atoms with Crippen LogP contribution in [0.1, 0.15) is 11.3 Å². The molecule has 1 aliphatic rings. The maximum Gasteiger partial charge on any atom is 0.196 e. The van der Waals surface area contributed by atoms with Crippen LogP contribution in [0.15, 0.2) is 33.0 Å². The first kappa shape index (κ1) is 12.7. The van der Waals surface area contributed by atoms with Crippen molar-refractivity contribution in [1.82, 2.24) is 0 Å². The van der Waals surface area contributed by atoms with Crippen LogP contribution in [0.5, 0.6) is 11.5 Å². The number of allylic oxidation sites excluding steroid dienone is 1. The Balaban J connectivity index is 2.27. The third-order valence-corrected chi connectivity index (χ3v) is 3.39. The summed E-state index contributed by atoms with van der Waals surface area (Å²) in [5.74, 6) is 0.842. The van der Waals surface area contributed by atoms with E-state index in [1.165, 1.54) is 6.07 Å². The van der Waals surface area contributed by atoms with Gasteiger partial charge in [0.2, 0.25) is 0 Å². The lowest BCUT2D eigenvalue weighted by Gasteiger charge is -2.11. The second kappa shape index (κ2) is 4.68. The minimum Gasteiger partial charge on any atom is -0.507 e. The zero-order valence-electron chi connectivity index (χ0n) is 11.0. The number of aliphatic hydroxyl groups excluding tert-OH is 1. The Labute approximate surface area is 114 Å². The van der Waals surface area contributed by atoms with E-state index in [9.17, 15) is 9.90 Å². The summed E-state index contributed by atoms with van der Waals surface area (Å²) < 4.78 is 11.0. The van der Waals surface area contributed by atoms with Gasteiger partial charge in [-0.05, 0) is 18.9 Å². The minimum absolute atomic E-state index is 0.0927. The van der Waals surface area contributed by atoms with E-state index in [2.05, 4.69) is 0 Å². The molecule has 0 saturated heterocycles. The van der Waals surface area contributed by atoms with Crippen LogP contribution in [0, 0.1) is 6.92 Å². The molecule has 2 N–H and O–H groups in total. The molecule has 1 aromatic carbocycles. The number of aromatic hydroxyl groups is 1. The molecule has 1 aromatic heterocycles. The molecule has 1 aliphatic heterocycles. The molecule has 0 fully saturated rings. The van der Waals surface area contributed by atoms with Gasteiger partial charge in [-0.1, -0.05) is 6.08 Å². The van der Waals surface area contributed by atoms with Gasteiger partial charge in [0.1, 0.15) is 34.8 Å². The van der Waals surface area contributed by atoms with Crippen molar-refractivity contribution in [2.24, 2.45) is 0 Å². The minimum atomic E-state index is -0.278. The normalized spacial score (nSPS) is 14.4. The number of fused-ring (bicyclic) bond motifs is 2. The fraction of sp³-hybridized carbons (Fsp3) is 0.267. The SMILES string of the molecule is Cc1cc(=O)c2c(O)c3c(cc2o1)OCC(CO)=CC3. The van der Waals surface area contributed by atoms with E-state index in [4.69, 9.17) is 14.3 Å². The fourth-order valence-corrected chi connectivity index (χ4v) is 2.35. The van der Waals surface area contributed by atoms with E-state index in [-0.39, 0.29) is 29.8 Å². The molecule has 3 rings (SSSR count). The van der Waals surface area contributed by atoms with Gasteiger partial charge >= 0.3 is 0 Å². The number of aliphatic hydroxyl groups is 1. The van der Waals surface area contributed by atoms with Gasteiger partial charge in [-0.25, -0.2) is 0 Å². The van der Waals surface area contributed by atoms with Crippen molar-refractivity contribution in [3.8, 4) is 11.5 Å². The summed E-state index contributed by atoms with van der Waals surface area (Å²) in [6, 6.07) is 2.97. The number of phenols is 1. The fourth-order valence-electron chi connectivity index (χ4n) is 2.35. The molecule has 0 aliphatic carbocycles. The lowest BCUT2D eigenvalue weighted by molar-refractivity contribution is 0.288. The molecule has 0 atom stereocenters. The van der Waals surface area contributed by atoms with Gasteiger partial charge in [-0.3, -0.25) is 4.79 Å². The first-order valence-electron chi connectivity index (χ1n) is 6.31. The molecular weight excluding hydrogens is 260 g/mol. The van der Waals surface area contributed by atoms with E-state index in [1.807, 2.05) is 0 Å². The maximum atomic E-state index is 12.0. The average molecular weight is 274 g/mol. The van der Waals surface area contributed by atoms with Crippen LogP contribution in [0.2, 0.25) is 0 Å². The highest BCUT2D eigenvalue weighted by Crippen LogP contribution is 2.36. The highest BCUT2D eigenvalue weighted by atomic mass is 16.5. The van der Waals surface area contributed by atoms with E-state index in [0.717, 1.165) is 5.57 Å². The van der Waals surface area contributed by atoms with Crippen LogP contribution in [0.25, 0.3) is 11.0 Å². The third-order valence-electron chi connectivity index (χ3n) is 3.39. The molecule has 0 spiro atoms. The first-order chi connectivity index (χ1) is 9.60. The van der Waals surface area contributed by atoms with Crippen molar-refractivity contribution >= 4 is 11.0 Å². The monoisotopic (exact) mass is 274 g/mol. The molecule has 104 valence electrons. The lowest BCUT2D eigenvalue weighted by Crippen LogP contribution is -2.05. The summed E-state index contributed by atoms with van der Waals surface area (Å²) in [5.41, 5.74) is 1.30. The largest absolute Gasteiger partial charge is 0.507 e. The Hall–Kier alpha value is -2.27. The lowest BCUT2D eigenvalue weighted by atomic mass is 10.0. The van der Waals surface area contributed by atoms with Crippen LogP contribution in [0.3, 0.4) is 0 Å². The van der Waals surface area contributed by atoms with Crippen molar-refractivity contribution in [3.05, 3.63) is 45.3 Å². The van der Waals surface area contributed by atoms with Crippen LogP contribution < -0.4 is 10.2 Å². The molecule has 2 aromatic rings. The molecule has 0 radical (unpaired) electrons. The average Bonchev–Trinajstić information content (AvgIpc) is 2.60. The number of aryl methyl sites for hydroxylation is 1. The summed E-state index contributed by atoms with van der Waals surface area (Å²) >= 11 is 0. The predicted octanol–water partition coefficient (Wildman–Crippen LogP) is 1.66. The standard InChI is InChI=1S/C15H14O5/c1-8-4-11(17)14-13(20-8)5-12-10(15(14)18)3-2-9(6-16)7-19-12/h2,4-5,16,18H,3,6-7H2,1H3. The van der Waals surface area contributed by atoms with Crippen molar-refractivity contribution in [2.75, 3.05) is 13.2 Å². The molecule has 5 nitrogen and oxygen atoms in total. The van der Waals surface area contributed by atoms with Crippen LogP contribution in [-0.2, 0) is 6.42 Å². The van der Waals surface area contributed by atoms with Gasteiger partial charge in [0, 0.05) is 17.7 Å². The third kappa shape index (κ3) is 1.96. The zero-order chi connectivity index (χ0) is 14.3. The van der Waals surface area contributed by atoms with Crippen molar-refractivity contribution in [2.45, 2.75) is 13.3 Å². The number of benzene rings is 1. The van der Waals surface area contributed by atoms with Crippen LogP contribution in [0.4, 0.5) is 0 Å². The van der Waals surface area contributed by atoms with Crippen molar-refractivity contribution < 1.29 is 19.4 Å². The molecule has 5 heteroatoms. The summed E-state index contributed by atoms with van der Waals surface area (Å²) in [6.45, 7) is 1.84. The molecule has 0 amide bonds. The molecule has 20 heavy (non-hydrogen) atoms. The molecule has 0 unspecified atom stereocenters. The highest BCUT2D eigenvalue weighted by molar-refractivity contribution is 5.87. The summed E-state index contributed by atoms with van der Waals surface area (Å²) in [6.07, 6.45) is 2.20. The van der Waals surface area contributed by atoms with E-state index in [1.54, 1.807) is 19.1 Å². The Morgan fingerprint density at radius 2 is 2.15 bits per heavy atom. The van der Waals surface area contributed by atoms with Gasteiger partial charge < -0.3 is 19.4 Å². The van der Waals surface area contributed by atoms with Crippen LogP contribution in [-0.4, -0.2) is 23.4 Å². The first-order valence-corrected chi connectivity index (χ1v) is 6.31. The van der Waals surface area contributed by atoms with Gasteiger partial charge in [0.15, 0.2) is 5.43 Å². The molecule has 2 heterocycles.